The quantitative estimate of drug-likeness (QED) is 0.413. The summed E-state index contributed by atoms with van der Waals surface area (Å²) in [6.45, 7) is 6.26. The van der Waals surface area contributed by atoms with Crippen molar-refractivity contribution in [1.29, 1.82) is 0 Å². The second kappa shape index (κ2) is 4.93. The van der Waals surface area contributed by atoms with Gasteiger partial charge in [-0.3, -0.25) is 0 Å². The number of nitrogens with zero attached hydrogens (tertiary/aromatic N) is 4. The molecule has 1 unspecified atom stereocenters. The Labute approximate surface area is 113 Å². The molecule has 1 heterocycles. The van der Waals surface area contributed by atoms with E-state index in [9.17, 15) is 4.79 Å². The third-order valence-corrected chi connectivity index (χ3v) is 3.99. The van der Waals surface area contributed by atoms with Crippen LogP contribution >= 0.6 is 0 Å². The van der Waals surface area contributed by atoms with Crippen molar-refractivity contribution < 1.29 is 9.53 Å². The highest BCUT2D eigenvalue weighted by Gasteiger charge is 2.49. The summed E-state index contributed by atoms with van der Waals surface area (Å²) < 4.78 is 5.49. The highest BCUT2D eigenvalue weighted by atomic mass is 16.6. The van der Waals surface area contributed by atoms with Crippen LogP contribution in [0.4, 0.5) is 4.79 Å². The number of hydrogen-bond donors (Lipinski definition) is 0. The highest BCUT2D eigenvalue weighted by molar-refractivity contribution is 5.69. The van der Waals surface area contributed by atoms with Gasteiger partial charge in [0.2, 0.25) is 0 Å². The van der Waals surface area contributed by atoms with Crippen molar-refractivity contribution in [1.82, 2.24) is 4.90 Å². The Bertz CT molecular complexity index is 405. The van der Waals surface area contributed by atoms with Gasteiger partial charge in [-0.25, -0.2) is 4.79 Å². The van der Waals surface area contributed by atoms with Crippen molar-refractivity contribution in [2.45, 2.75) is 70.1 Å². The smallest absolute Gasteiger partial charge is 0.410 e. The molecule has 0 aromatic carbocycles. The van der Waals surface area contributed by atoms with E-state index in [2.05, 4.69) is 10.0 Å². The van der Waals surface area contributed by atoms with Crippen LogP contribution in [0.5, 0.6) is 0 Å². The van der Waals surface area contributed by atoms with E-state index in [1.807, 2.05) is 25.7 Å². The van der Waals surface area contributed by atoms with Gasteiger partial charge in [-0.2, -0.15) is 0 Å². The molecule has 0 aromatic rings. The van der Waals surface area contributed by atoms with E-state index in [1.165, 1.54) is 0 Å². The number of hydrogen-bond acceptors (Lipinski definition) is 3. The number of carbonyl (C=O) groups is 1. The summed E-state index contributed by atoms with van der Waals surface area (Å²) in [5, 5.41) is 3.83. The predicted octanol–water partition coefficient (Wildman–Crippen LogP) is 3.62. The van der Waals surface area contributed by atoms with Crippen molar-refractivity contribution in [3.8, 4) is 0 Å². The molecule has 1 saturated carbocycles. The molecule has 1 amide bonds. The van der Waals surface area contributed by atoms with Crippen molar-refractivity contribution in [3.05, 3.63) is 10.4 Å². The normalized spacial score (nSPS) is 25.4. The molecule has 6 heteroatoms. The van der Waals surface area contributed by atoms with Crippen LogP contribution < -0.4 is 0 Å². The first kappa shape index (κ1) is 14.0. The van der Waals surface area contributed by atoms with Crippen LogP contribution in [0, 0.1) is 0 Å². The molecule has 0 radical (unpaired) electrons. The monoisotopic (exact) mass is 266 g/mol. The molecule has 2 rings (SSSR count). The summed E-state index contributed by atoms with van der Waals surface area (Å²) in [6, 6.07) is 0.0176. The van der Waals surface area contributed by atoms with Gasteiger partial charge in [0.1, 0.15) is 5.60 Å². The molecule has 2 fully saturated rings. The number of carbonyl (C=O) groups excluding carboxylic acids is 1. The standard InChI is InChI=1S/C13H22N4O2/c1-12(2,3)19-11(18)17-8-5-10(15-16-14)9-13(17)6-4-7-13/h10H,4-9H2,1-3H3. The first-order valence-electron chi connectivity index (χ1n) is 6.91. The van der Waals surface area contributed by atoms with E-state index in [1.54, 1.807) is 0 Å². The van der Waals surface area contributed by atoms with Crippen LogP contribution in [-0.4, -0.2) is 34.7 Å². The number of likely N-dealkylation sites (tertiary alicyclic amines) is 1. The van der Waals surface area contributed by atoms with Crippen LogP contribution in [0.15, 0.2) is 5.11 Å². The zero-order chi connectivity index (χ0) is 14.1. The number of ether oxygens (including phenoxy) is 1. The Balaban J connectivity index is 2.09. The minimum atomic E-state index is -0.469. The van der Waals surface area contributed by atoms with Gasteiger partial charge in [0.25, 0.3) is 0 Å². The van der Waals surface area contributed by atoms with E-state index >= 15 is 0 Å². The molecule has 106 valence electrons. The predicted molar refractivity (Wildman–Crippen MR) is 71.7 cm³/mol. The van der Waals surface area contributed by atoms with Crippen LogP contribution in [-0.2, 0) is 4.74 Å². The molecule has 1 aliphatic heterocycles. The first-order valence-corrected chi connectivity index (χ1v) is 6.91. The first-order chi connectivity index (χ1) is 8.86. The lowest BCUT2D eigenvalue weighted by molar-refractivity contribution is -0.0463. The minimum Gasteiger partial charge on any atom is -0.444 e. The average Bonchev–Trinajstić information content (AvgIpc) is 2.24. The van der Waals surface area contributed by atoms with Crippen molar-refractivity contribution in [2.24, 2.45) is 5.11 Å². The molecule has 1 atom stereocenters. The Morgan fingerprint density at radius 2 is 2.16 bits per heavy atom. The lowest BCUT2D eigenvalue weighted by atomic mass is 9.69. The summed E-state index contributed by atoms with van der Waals surface area (Å²) >= 11 is 0. The maximum absolute atomic E-state index is 12.3. The van der Waals surface area contributed by atoms with Crippen molar-refractivity contribution >= 4 is 6.09 Å². The Morgan fingerprint density at radius 1 is 1.47 bits per heavy atom. The number of azide groups is 1. The second-order valence-electron chi connectivity index (χ2n) is 6.56. The van der Waals surface area contributed by atoms with E-state index in [-0.39, 0.29) is 17.7 Å². The summed E-state index contributed by atoms with van der Waals surface area (Å²) in [5.41, 5.74) is 7.97. The third kappa shape index (κ3) is 2.95. The summed E-state index contributed by atoms with van der Waals surface area (Å²) in [4.78, 5) is 17.1. The molecular weight excluding hydrogens is 244 g/mol. The Morgan fingerprint density at radius 3 is 2.63 bits per heavy atom. The summed E-state index contributed by atoms with van der Waals surface area (Å²) in [7, 11) is 0. The molecule has 6 nitrogen and oxygen atoms in total. The van der Waals surface area contributed by atoms with Gasteiger partial charge in [-0.15, -0.1) is 0 Å². The molecule has 1 spiro atoms. The zero-order valence-corrected chi connectivity index (χ0v) is 11.9. The topological polar surface area (TPSA) is 78.3 Å². The van der Waals surface area contributed by atoms with Crippen LogP contribution in [0.1, 0.15) is 52.9 Å². The molecule has 0 aromatic heterocycles. The van der Waals surface area contributed by atoms with Gasteiger partial charge >= 0.3 is 6.09 Å². The number of piperidine rings is 1. The zero-order valence-electron chi connectivity index (χ0n) is 11.9. The number of rotatable bonds is 1. The summed E-state index contributed by atoms with van der Waals surface area (Å²) in [5.74, 6) is 0. The molecule has 1 aliphatic carbocycles. The van der Waals surface area contributed by atoms with E-state index in [0.29, 0.717) is 6.54 Å². The SMILES string of the molecule is CC(C)(C)OC(=O)N1CCC(N=[N+]=[N-])CC12CCC2. The molecule has 1 saturated heterocycles. The van der Waals surface area contributed by atoms with Gasteiger partial charge in [0.15, 0.2) is 0 Å². The van der Waals surface area contributed by atoms with Crippen molar-refractivity contribution in [2.75, 3.05) is 6.54 Å². The van der Waals surface area contributed by atoms with E-state index in [4.69, 9.17) is 10.3 Å². The van der Waals surface area contributed by atoms with Gasteiger partial charge in [0.05, 0.1) is 0 Å². The van der Waals surface area contributed by atoms with Gasteiger partial charge in [-0.1, -0.05) is 5.11 Å². The van der Waals surface area contributed by atoms with Crippen LogP contribution in [0.3, 0.4) is 0 Å². The van der Waals surface area contributed by atoms with E-state index < -0.39 is 5.60 Å². The lowest BCUT2D eigenvalue weighted by Crippen LogP contribution is -2.61. The molecular formula is C13H22N4O2. The van der Waals surface area contributed by atoms with Gasteiger partial charge < -0.3 is 9.64 Å². The fourth-order valence-electron chi connectivity index (χ4n) is 3.00. The Kier molecular flexibility index (Phi) is 3.63. The molecule has 2 aliphatic rings. The van der Waals surface area contributed by atoms with Crippen LogP contribution in [0.2, 0.25) is 0 Å². The molecule has 0 bridgehead atoms. The van der Waals surface area contributed by atoms with Crippen LogP contribution in [0.25, 0.3) is 10.4 Å². The Hall–Kier alpha value is -1.42. The molecule has 0 N–H and O–H groups in total. The van der Waals surface area contributed by atoms with Crippen molar-refractivity contribution in [3.63, 3.8) is 0 Å². The lowest BCUT2D eigenvalue weighted by Gasteiger charge is -2.54. The fraction of sp³-hybridized carbons (Fsp3) is 0.923. The summed E-state index contributed by atoms with van der Waals surface area (Å²) in [6.07, 6.45) is 4.38. The molecule has 19 heavy (non-hydrogen) atoms. The third-order valence-electron chi connectivity index (χ3n) is 3.99. The van der Waals surface area contributed by atoms with E-state index in [0.717, 1.165) is 32.1 Å². The number of amides is 1. The average molecular weight is 266 g/mol. The maximum atomic E-state index is 12.3. The second-order valence-corrected chi connectivity index (χ2v) is 6.56. The largest absolute Gasteiger partial charge is 0.444 e. The van der Waals surface area contributed by atoms with Gasteiger partial charge in [0, 0.05) is 23.0 Å². The minimum absolute atomic E-state index is 0.0176. The highest BCUT2D eigenvalue weighted by Crippen LogP contribution is 2.45. The van der Waals surface area contributed by atoms with Gasteiger partial charge in [-0.05, 0) is 58.4 Å². The fourth-order valence-corrected chi connectivity index (χ4v) is 3.00. The maximum Gasteiger partial charge on any atom is 0.410 e.